The van der Waals surface area contributed by atoms with Crippen LogP contribution in [0.2, 0.25) is 0 Å². The minimum Gasteiger partial charge on any atom is -0.496 e. The molecule has 2 aromatic heterocycles. The molecule has 0 spiro atoms. The fraction of sp³-hybridized carbons (Fsp3) is 0.406. The molecule has 11 nitrogen and oxygen atoms in total. The van der Waals surface area contributed by atoms with Gasteiger partial charge in [0.25, 0.3) is 5.92 Å². The van der Waals surface area contributed by atoms with Gasteiger partial charge in [0.05, 0.1) is 56.3 Å². The van der Waals surface area contributed by atoms with Crippen molar-refractivity contribution >= 4 is 18.0 Å². The molecule has 4 heterocycles. The number of alkyl halides is 11. The van der Waals surface area contributed by atoms with Crippen LogP contribution in [-0.2, 0) is 17.5 Å². The molecule has 1 aromatic carbocycles. The van der Waals surface area contributed by atoms with Gasteiger partial charge in [-0.05, 0) is 43.2 Å². The highest BCUT2D eigenvalue weighted by molar-refractivity contribution is 5.89. The van der Waals surface area contributed by atoms with Crippen molar-refractivity contribution < 1.29 is 72.5 Å². The number of halogens is 11. The lowest BCUT2D eigenvalue weighted by Gasteiger charge is -2.38. The monoisotopic (exact) mass is 782 g/mol. The van der Waals surface area contributed by atoms with Crippen molar-refractivity contribution in [3.05, 3.63) is 70.8 Å². The summed E-state index contributed by atoms with van der Waals surface area (Å²) in [5, 5.41) is 13.0. The summed E-state index contributed by atoms with van der Waals surface area (Å²) in [6.07, 6.45) is -17.0. The smallest absolute Gasteiger partial charge is 0.434 e. The molecule has 2 fully saturated rings. The number of ether oxygens (including phenoxy) is 2. The summed E-state index contributed by atoms with van der Waals surface area (Å²) in [7, 11) is 1.19. The molecule has 1 N–H and O–H groups in total. The molecule has 290 valence electrons. The minimum absolute atomic E-state index is 0.0312. The average Bonchev–Trinajstić information content (AvgIpc) is 3.64. The quantitative estimate of drug-likeness (QED) is 0.236. The maximum atomic E-state index is 14.1. The number of carbonyl (C=O) groups is 2. The molecule has 6 rings (SSSR count). The molecule has 3 aliphatic rings. The molecule has 22 heteroatoms. The molecule has 2 saturated heterocycles. The van der Waals surface area contributed by atoms with E-state index in [0.29, 0.717) is 23.0 Å². The highest BCUT2D eigenvalue weighted by atomic mass is 19.4. The predicted molar refractivity (Wildman–Crippen MR) is 162 cm³/mol. The fourth-order valence-corrected chi connectivity index (χ4v) is 6.31. The van der Waals surface area contributed by atoms with Crippen LogP contribution in [-0.4, -0.2) is 92.4 Å². The number of carbonyl (C=O) groups excluding carboxylic acids is 1. The van der Waals surface area contributed by atoms with E-state index in [0.717, 1.165) is 28.1 Å². The Morgan fingerprint density at radius 3 is 2.30 bits per heavy atom. The topological polar surface area (TPSA) is 123 Å². The number of nitrogens with zero attached hydrogens (tertiary/aromatic N) is 6. The van der Waals surface area contributed by atoms with E-state index < -0.39 is 103 Å². The van der Waals surface area contributed by atoms with Gasteiger partial charge in [0.2, 0.25) is 5.95 Å². The predicted octanol–water partition coefficient (Wildman–Crippen LogP) is 7.22. The minimum atomic E-state index is -5.20. The molecule has 2 aliphatic heterocycles. The van der Waals surface area contributed by atoms with Gasteiger partial charge in [-0.25, -0.2) is 33.0 Å². The summed E-state index contributed by atoms with van der Waals surface area (Å²) in [6.45, 7) is -0.946. The molecule has 0 radical (unpaired) electrons. The number of methoxy groups -OCH3 is 1. The van der Waals surface area contributed by atoms with Crippen molar-refractivity contribution in [1.82, 2.24) is 24.6 Å². The second-order valence-corrected chi connectivity index (χ2v) is 12.6. The summed E-state index contributed by atoms with van der Waals surface area (Å²) in [4.78, 5) is 35.2. The largest absolute Gasteiger partial charge is 0.496 e. The number of carboxylic acid groups (broad SMARTS) is 1. The Labute approximate surface area is 296 Å². The number of cyclic esters (lactones) is 1. The Morgan fingerprint density at radius 2 is 1.72 bits per heavy atom. The number of carboxylic acids is 1. The van der Waals surface area contributed by atoms with Crippen LogP contribution in [0.5, 0.6) is 5.75 Å². The van der Waals surface area contributed by atoms with Gasteiger partial charge < -0.3 is 19.5 Å². The van der Waals surface area contributed by atoms with Crippen molar-refractivity contribution in [3.8, 4) is 22.6 Å². The molecule has 54 heavy (non-hydrogen) atoms. The molecular formula is C32H25F11N6O5. The lowest BCUT2D eigenvalue weighted by Crippen LogP contribution is -2.57. The van der Waals surface area contributed by atoms with Crippen molar-refractivity contribution in [1.29, 1.82) is 0 Å². The van der Waals surface area contributed by atoms with Crippen LogP contribution in [0.15, 0.2) is 53.9 Å². The zero-order valence-electron chi connectivity index (χ0n) is 27.5. The van der Waals surface area contributed by atoms with Gasteiger partial charge in [-0.2, -0.15) is 44.6 Å². The lowest BCUT2D eigenvalue weighted by atomic mass is 9.86. The Hall–Kier alpha value is -5.44. The molecule has 3 unspecified atom stereocenters. The second-order valence-electron chi connectivity index (χ2n) is 12.6. The Bertz CT molecular complexity index is 2050. The average molecular weight is 783 g/mol. The third-order valence-electron chi connectivity index (χ3n) is 8.97. The summed E-state index contributed by atoms with van der Waals surface area (Å²) in [5.74, 6) is -7.86. The van der Waals surface area contributed by atoms with Crippen LogP contribution in [0, 0.1) is 5.92 Å². The number of hydrogen-bond donors (Lipinski definition) is 1. The summed E-state index contributed by atoms with van der Waals surface area (Å²) >= 11 is 0. The number of benzene rings is 1. The molecule has 0 bridgehead atoms. The van der Waals surface area contributed by atoms with Crippen molar-refractivity contribution in [3.63, 3.8) is 0 Å². The van der Waals surface area contributed by atoms with Crippen LogP contribution in [0.3, 0.4) is 0 Å². The first-order valence-corrected chi connectivity index (χ1v) is 15.6. The number of amides is 1. The van der Waals surface area contributed by atoms with Gasteiger partial charge in [-0.1, -0.05) is 6.08 Å². The van der Waals surface area contributed by atoms with Crippen LogP contribution < -0.4 is 9.64 Å². The molecule has 1 aliphatic carbocycles. The normalized spacial score (nSPS) is 21.7. The molecule has 3 aromatic rings. The van der Waals surface area contributed by atoms with Crippen LogP contribution in [0.25, 0.3) is 16.8 Å². The highest BCUT2D eigenvalue weighted by Gasteiger charge is 2.49. The number of anilines is 1. The first-order chi connectivity index (χ1) is 25.0. The zero-order valence-corrected chi connectivity index (χ0v) is 27.5. The zero-order chi connectivity index (χ0) is 39.7. The number of hydrogen-bond acceptors (Lipinski definition) is 8. The van der Waals surface area contributed by atoms with E-state index in [9.17, 15) is 63.0 Å². The fourth-order valence-electron chi connectivity index (χ4n) is 6.31. The van der Waals surface area contributed by atoms with E-state index in [1.54, 1.807) is 0 Å². The van der Waals surface area contributed by atoms with Crippen LogP contribution in [0.1, 0.15) is 35.1 Å². The number of aromatic carboxylic acids is 1. The second kappa shape index (κ2) is 13.1. The van der Waals surface area contributed by atoms with Crippen molar-refractivity contribution in [2.24, 2.45) is 5.92 Å². The van der Waals surface area contributed by atoms with Gasteiger partial charge in [-0.15, -0.1) is 0 Å². The third kappa shape index (κ3) is 7.24. The van der Waals surface area contributed by atoms with E-state index in [1.165, 1.54) is 20.1 Å². The maximum absolute atomic E-state index is 14.1. The standard InChI is InChI=1S/C32H25F11N6O5/c1-14-24(15-5-16(30(35,36)37)7-17(6-15)31(38,39)40)54-28(52)48(14)11-22-20(9-44-27(46-22)47-12-29(33,34)13-47)19-8-18(3-4-23(19)53-2)49-25(32(41,42)43)21(10-45-49)26(50)51/h3-6,8-10,14,16,24H,7,11-13H2,1-2H3,(H,50,51). The number of rotatable bonds is 8. The SMILES string of the molecule is COc1ccc(-n2ncc(C(=O)O)c2C(F)(F)F)cc1-c1cnc(N2CC(F)(F)C2)nc1CN1C(=O)OC(C2=CC(C(F)(F)F)CC(C(F)(F)F)=C2)C1C. The van der Waals surface area contributed by atoms with Crippen molar-refractivity contribution in [2.75, 3.05) is 25.1 Å². The van der Waals surface area contributed by atoms with E-state index in [-0.39, 0.29) is 34.2 Å². The van der Waals surface area contributed by atoms with Crippen LogP contribution >= 0.6 is 0 Å². The van der Waals surface area contributed by atoms with Gasteiger partial charge in [-0.3, -0.25) is 4.90 Å². The molecular weight excluding hydrogens is 757 g/mol. The highest BCUT2D eigenvalue weighted by Crippen LogP contribution is 2.44. The molecule has 0 saturated carbocycles. The van der Waals surface area contributed by atoms with E-state index >= 15 is 0 Å². The van der Waals surface area contributed by atoms with Gasteiger partial charge in [0, 0.05) is 22.9 Å². The molecule has 1 amide bonds. The maximum Gasteiger partial charge on any atom is 0.434 e. The first-order valence-electron chi connectivity index (χ1n) is 15.6. The summed E-state index contributed by atoms with van der Waals surface area (Å²) < 4.78 is 163. The van der Waals surface area contributed by atoms with Gasteiger partial charge >= 0.3 is 30.6 Å². The summed E-state index contributed by atoms with van der Waals surface area (Å²) in [6, 6.07) is 2.16. The van der Waals surface area contributed by atoms with Gasteiger partial charge in [0.15, 0.2) is 5.69 Å². The molecule has 3 atom stereocenters. The first kappa shape index (κ1) is 38.3. The lowest BCUT2D eigenvalue weighted by molar-refractivity contribution is -0.166. The third-order valence-corrected chi connectivity index (χ3v) is 8.97. The Kier molecular flexibility index (Phi) is 9.32. The van der Waals surface area contributed by atoms with Gasteiger partial charge in [0.1, 0.15) is 17.4 Å². The summed E-state index contributed by atoms with van der Waals surface area (Å²) in [5.41, 5.74) is -5.51. The number of allylic oxidation sites excluding steroid dienone is 2. The number of aromatic nitrogens is 4. The van der Waals surface area contributed by atoms with Crippen LogP contribution in [0.4, 0.5) is 59.0 Å². The van der Waals surface area contributed by atoms with Crippen molar-refractivity contribution in [2.45, 2.75) is 56.5 Å². The Balaban J connectivity index is 1.43. The van der Waals surface area contributed by atoms with E-state index in [4.69, 9.17) is 9.47 Å². The van der Waals surface area contributed by atoms with E-state index in [1.807, 2.05) is 0 Å². The Morgan fingerprint density at radius 1 is 1.04 bits per heavy atom. The van der Waals surface area contributed by atoms with E-state index in [2.05, 4.69) is 15.1 Å².